The van der Waals surface area contributed by atoms with Crippen molar-refractivity contribution in [2.75, 3.05) is 5.32 Å². The highest BCUT2D eigenvalue weighted by molar-refractivity contribution is 6.12. The predicted octanol–water partition coefficient (Wildman–Crippen LogP) is 3.16. The molecule has 0 aliphatic carbocycles. The first kappa shape index (κ1) is 18.4. The maximum Gasteiger partial charge on any atom is 0.258 e. The van der Waals surface area contributed by atoms with Crippen molar-refractivity contribution in [3.05, 3.63) is 94.9 Å². The van der Waals surface area contributed by atoms with E-state index in [2.05, 4.69) is 15.3 Å². The molecule has 0 bridgehead atoms. The number of hydrogen-bond acceptors (Lipinski definition) is 5. The molecule has 0 aliphatic rings. The van der Waals surface area contributed by atoms with Crippen LogP contribution >= 0.6 is 0 Å². The number of ether oxygens (including phenoxy) is 1. The summed E-state index contributed by atoms with van der Waals surface area (Å²) in [5.74, 6) is 0.367. The Bertz CT molecular complexity index is 1220. The van der Waals surface area contributed by atoms with Crippen molar-refractivity contribution < 1.29 is 9.53 Å². The van der Waals surface area contributed by atoms with E-state index in [4.69, 9.17) is 4.74 Å². The number of carbonyl (C=O) groups is 1. The van der Waals surface area contributed by atoms with Crippen molar-refractivity contribution >= 4 is 22.4 Å². The van der Waals surface area contributed by atoms with Crippen LogP contribution in [0.1, 0.15) is 16.1 Å². The molecule has 0 spiro atoms. The largest absolute Gasteiger partial charge is 0.487 e. The summed E-state index contributed by atoms with van der Waals surface area (Å²) in [6.45, 7) is 0.309. The summed E-state index contributed by atoms with van der Waals surface area (Å²) in [5.41, 5.74) is 1.65. The van der Waals surface area contributed by atoms with Crippen molar-refractivity contribution in [3.8, 4) is 5.75 Å². The first-order chi connectivity index (χ1) is 14.1. The van der Waals surface area contributed by atoms with Crippen LogP contribution < -0.4 is 15.6 Å². The Labute approximate surface area is 166 Å². The first-order valence-corrected chi connectivity index (χ1v) is 8.99. The molecular formula is C22H18N4O3. The maximum atomic E-state index is 12.8. The lowest BCUT2D eigenvalue weighted by atomic mass is 10.1. The Kier molecular flexibility index (Phi) is 5.03. The molecule has 0 saturated carbocycles. The molecule has 2 aromatic heterocycles. The molecule has 2 heterocycles. The average Bonchev–Trinajstić information content (AvgIpc) is 2.76. The highest BCUT2D eigenvalue weighted by atomic mass is 16.5. The molecule has 1 amide bonds. The molecule has 0 atom stereocenters. The minimum atomic E-state index is -0.287. The first-order valence-electron chi connectivity index (χ1n) is 8.99. The van der Waals surface area contributed by atoms with Crippen molar-refractivity contribution in [2.24, 2.45) is 7.05 Å². The Hall–Kier alpha value is -4.00. The second kappa shape index (κ2) is 7.93. The zero-order valence-corrected chi connectivity index (χ0v) is 15.7. The quantitative estimate of drug-likeness (QED) is 0.569. The molecular weight excluding hydrogens is 368 g/mol. The number of carbonyl (C=O) groups excluding carboxylic acids is 1. The van der Waals surface area contributed by atoms with Crippen LogP contribution in [0.25, 0.3) is 10.8 Å². The van der Waals surface area contributed by atoms with Crippen molar-refractivity contribution in [1.82, 2.24) is 14.5 Å². The van der Waals surface area contributed by atoms with Gasteiger partial charge in [0.15, 0.2) is 0 Å². The number of aromatic nitrogens is 3. The van der Waals surface area contributed by atoms with Gasteiger partial charge >= 0.3 is 0 Å². The minimum absolute atomic E-state index is 0.137. The Morgan fingerprint density at radius 1 is 1.07 bits per heavy atom. The number of amides is 1. The number of aryl methyl sites for hydroxylation is 1. The van der Waals surface area contributed by atoms with Crippen LogP contribution in [0.2, 0.25) is 0 Å². The molecule has 1 N–H and O–H groups in total. The fourth-order valence-electron chi connectivity index (χ4n) is 2.99. The molecule has 144 valence electrons. The van der Waals surface area contributed by atoms with Crippen LogP contribution in [0.15, 0.2) is 78.1 Å². The third-order valence-corrected chi connectivity index (χ3v) is 4.45. The van der Waals surface area contributed by atoms with Crippen LogP contribution in [-0.4, -0.2) is 20.4 Å². The standard InChI is InChI=1S/C22H18N4O3/c1-26-13-20(18-4-2-3-5-19(18)22(26)28)21(27)25-15-6-8-17(9-7-15)29-14-16-12-23-10-11-24-16/h2-13H,14H2,1H3,(H,25,27). The maximum absolute atomic E-state index is 12.8. The molecule has 0 fully saturated rings. The van der Waals surface area contributed by atoms with Crippen LogP contribution in [-0.2, 0) is 13.7 Å². The summed E-state index contributed by atoms with van der Waals surface area (Å²) in [4.78, 5) is 33.2. The van der Waals surface area contributed by atoms with E-state index in [1.165, 1.54) is 4.57 Å². The summed E-state index contributed by atoms with van der Waals surface area (Å²) in [5, 5.41) is 4.00. The van der Waals surface area contributed by atoms with Gasteiger partial charge in [-0.3, -0.25) is 19.6 Å². The molecule has 7 nitrogen and oxygen atoms in total. The van der Waals surface area contributed by atoms with Crippen LogP contribution in [0.4, 0.5) is 5.69 Å². The molecule has 0 radical (unpaired) electrons. The second-order valence-corrected chi connectivity index (χ2v) is 6.47. The Morgan fingerprint density at radius 2 is 1.83 bits per heavy atom. The van der Waals surface area contributed by atoms with Crippen LogP contribution in [0.3, 0.4) is 0 Å². The zero-order chi connectivity index (χ0) is 20.2. The number of rotatable bonds is 5. The van der Waals surface area contributed by atoms with E-state index < -0.39 is 0 Å². The van der Waals surface area contributed by atoms with E-state index in [0.29, 0.717) is 34.4 Å². The molecule has 4 aromatic rings. The number of nitrogens with zero attached hydrogens (tertiary/aromatic N) is 3. The number of fused-ring (bicyclic) bond motifs is 1. The molecule has 0 saturated heterocycles. The lowest BCUT2D eigenvalue weighted by molar-refractivity contribution is 0.102. The second-order valence-electron chi connectivity index (χ2n) is 6.47. The fraction of sp³-hybridized carbons (Fsp3) is 0.0909. The smallest absolute Gasteiger partial charge is 0.258 e. The van der Waals surface area contributed by atoms with Gasteiger partial charge in [-0.2, -0.15) is 0 Å². The Morgan fingerprint density at radius 3 is 2.55 bits per heavy atom. The van der Waals surface area contributed by atoms with E-state index in [0.717, 1.165) is 5.69 Å². The molecule has 0 unspecified atom stereocenters. The van der Waals surface area contributed by atoms with E-state index >= 15 is 0 Å². The van der Waals surface area contributed by atoms with Crippen molar-refractivity contribution in [2.45, 2.75) is 6.61 Å². The summed E-state index contributed by atoms with van der Waals surface area (Å²) in [6.07, 6.45) is 6.42. The van der Waals surface area contributed by atoms with Gasteiger partial charge in [-0.25, -0.2) is 0 Å². The van der Waals surface area contributed by atoms with E-state index in [1.54, 1.807) is 74.3 Å². The topological polar surface area (TPSA) is 86.1 Å². The third-order valence-electron chi connectivity index (χ3n) is 4.45. The number of nitrogens with one attached hydrogen (secondary N) is 1. The van der Waals surface area contributed by atoms with Crippen LogP contribution in [0, 0.1) is 0 Å². The van der Waals surface area contributed by atoms with Gasteiger partial charge < -0.3 is 14.6 Å². The predicted molar refractivity (Wildman–Crippen MR) is 110 cm³/mol. The van der Waals surface area contributed by atoms with E-state index in [9.17, 15) is 9.59 Å². The van der Waals surface area contributed by atoms with Gasteiger partial charge in [-0.1, -0.05) is 18.2 Å². The minimum Gasteiger partial charge on any atom is -0.487 e. The SMILES string of the molecule is Cn1cc(C(=O)Nc2ccc(OCc3cnccn3)cc2)c2ccccc2c1=O. The normalized spacial score (nSPS) is 10.7. The third kappa shape index (κ3) is 3.98. The fourth-order valence-corrected chi connectivity index (χ4v) is 2.99. The molecule has 0 aliphatic heterocycles. The number of anilines is 1. The van der Waals surface area contributed by atoms with E-state index in [1.807, 2.05) is 6.07 Å². The van der Waals surface area contributed by atoms with Gasteiger partial charge in [-0.15, -0.1) is 0 Å². The van der Waals surface area contributed by atoms with Crippen molar-refractivity contribution in [3.63, 3.8) is 0 Å². The highest BCUT2D eigenvalue weighted by Gasteiger charge is 2.13. The average molecular weight is 386 g/mol. The zero-order valence-electron chi connectivity index (χ0n) is 15.7. The highest BCUT2D eigenvalue weighted by Crippen LogP contribution is 2.20. The molecule has 29 heavy (non-hydrogen) atoms. The summed E-state index contributed by atoms with van der Waals surface area (Å²) in [7, 11) is 1.63. The number of benzene rings is 2. The van der Waals surface area contributed by atoms with Gasteiger partial charge in [0.2, 0.25) is 0 Å². The lowest BCUT2D eigenvalue weighted by Crippen LogP contribution is -2.21. The molecule has 4 rings (SSSR count). The van der Waals surface area contributed by atoms with E-state index in [-0.39, 0.29) is 11.5 Å². The van der Waals surface area contributed by atoms with Crippen LogP contribution in [0.5, 0.6) is 5.75 Å². The molecule has 2 aromatic carbocycles. The van der Waals surface area contributed by atoms with Crippen molar-refractivity contribution in [1.29, 1.82) is 0 Å². The van der Waals surface area contributed by atoms with Gasteiger partial charge in [0.05, 0.1) is 17.5 Å². The van der Waals surface area contributed by atoms with Gasteiger partial charge in [0.1, 0.15) is 12.4 Å². The van der Waals surface area contributed by atoms with Gasteiger partial charge in [0, 0.05) is 42.1 Å². The summed E-state index contributed by atoms with van der Waals surface area (Å²) in [6, 6.07) is 14.1. The summed E-state index contributed by atoms with van der Waals surface area (Å²) >= 11 is 0. The van der Waals surface area contributed by atoms with Gasteiger partial charge in [0.25, 0.3) is 11.5 Å². The lowest BCUT2D eigenvalue weighted by Gasteiger charge is -2.11. The number of pyridine rings is 1. The summed E-state index contributed by atoms with van der Waals surface area (Å²) < 4.78 is 7.09. The monoisotopic (exact) mass is 386 g/mol. The molecule has 7 heteroatoms. The van der Waals surface area contributed by atoms with Gasteiger partial charge in [-0.05, 0) is 30.3 Å². The number of hydrogen-bond donors (Lipinski definition) is 1. The Balaban J connectivity index is 1.50.